The largest absolute Gasteiger partial charge is 0.393 e. The summed E-state index contributed by atoms with van der Waals surface area (Å²) in [5.41, 5.74) is 0. The minimum absolute atomic E-state index is 0.308. The fourth-order valence-electron chi connectivity index (χ4n) is 2.08. The lowest BCUT2D eigenvalue weighted by atomic mass is 10.1. The summed E-state index contributed by atoms with van der Waals surface area (Å²) < 4.78 is 4.74. The number of carbonyl (C=O) groups is 2. The van der Waals surface area contributed by atoms with E-state index in [1.54, 1.807) is 0 Å². The monoisotopic (exact) mass is 252 g/mol. The van der Waals surface area contributed by atoms with Crippen LogP contribution in [-0.2, 0) is 14.3 Å². The molecule has 3 nitrogen and oxygen atoms in total. The quantitative estimate of drug-likeness (QED) is 0.373. The molecule has 1 aliphatic rings. The molecular formula is C15H24O3. The third kappa shape index (κ3) is 8.04. The van der Waals surface area contributed by atoms with E-state index in [1.165, 1.54) is 32.1 Å². The van der Waals surface area contributed by atoms with Gasteiger partial charge in [0, 0.05) is 12.8 Å². The number of hydrogen-bond donors (Lipinski definition) is 0. The van der Waals surface area contributed by atoms with E-state index in [-0.39, 0.29) is 5.97 Å². The Labute approximate surface area is 110 Å². The van der Waals surface area contributed by atoms with E-state index < -0.39 is 5.97 Å². The van der Waals surface area contributed by atoms with E-state index >= 15 is 0 Å². The average Bonchev–Trinajstić information content (AvgIpc) is 2.33. The molecule has 3 heteroatoms. The Morgan fingerprint density at radius 1 is 0.667 bits per heavy atom. The zero-order valence-electron chi connectivity index (χ0n) is 11.2. The van der Waals surface area contributed by atoms with Gasteiger partial charge in [-0.25, -0.2) is 0 Å². The predicted octanol–water partition coefficient (Wildman–Crippen LogP) is 3.92. The van der Waals surface area contributed by atoms with E-state index in [0.717, 1.165) is 19.3 Å². The van der Waals surface area contributed by atoms with Gasteiger partial charge in [-0.2, -0.15) is 0 Å². The Hall–Kier alpha value is -1.12. The molecule has 0 N–H and O–H groups in total. The Morgan fingerprint density at radius 2 is 1.22 bits per heavy atom. The van der Waals surface area contributed by atoms with Crippen molar-refractivity contribution in [1.82, 2.24) is 0 Å². The molecule has 0 aromatic rings. The van der Waals surface area contributed by atoms with Crippen LogP contribution in [0.2, 0.25) is 0 Å². The number of allylic oxidation sites excluding steroid dienone is 2. The molecule has 0 aliphatic carbocycles. The lowest BCUT2D eigenvalue weighted by Gasteiger charge is -2.04. The molecule has 0 atom stereocenters. The van der Waals surface area contributed by atoms with Crippen LogP contribution in [-0.4, -0.2) is 11.9 Å². The molecule has 102 valence electrons. The van der Waals surface area contributed by atoms with Gasteiger partial charge in [0.15, 0.2) is 0 Å². The predicted molar refractivity (Wildman–Crippen MR) is 71.0 cm³/mol. The molecule has 0 aromatic heterocycles. The normalized spacial score (nSPS) is 23.3. The Kier molecular flexibility index (Phi) is 8.19. The molecule has 18 heavy (non-hydrogen) atoms. The fourth-order valence-corrected chi connectivity index (χ4v) is 2.08. The van der Waals surface area contributed by atoms with Gasteiger partial charge in [-0.1, -0.05) is 44.3 Å². The Balaban J connectivity index is 2.31. The standard InChI is InChI=1S/C15H24O3/c16-14-12-10-8-6-4-2-1-3-5-7-9-11-13-15(17)18-14/h6,8H,1-5,7,9-13H2/b8-6+. The second-order valence-electron chi connectivity index (χ2n) is 4.87. The van der Waals surface area contributed by atoms with Crippen LogP contribution in [0.15, 0.2) is 12.2 Å². The second kappa shape index (κ2) is 9.86. The van der Waals surface area contributed by atoms with Gasteiger partial charge < -0.3 is 4.74 Å². The van der Waals surface area contributed by atoms with Gasteiger partial charge in [0.2, 0.25) is 0 Å². The molecule has 1 aliphatic heterocycles. The van der Waals surface area contributed by atoms with Gasteiger partial charge in [-0.15, -0.1) is 0 Å². The van der Waals surface area contributed by atoms with E-state index in [9.17, 15) is 9.59 Å². The fraction of sp³-hybridized carbons (Fsp3) is 0.733. The SMILES string of the molecule is O=C1CC/C=C/CCCCCCCCCC(=O)O1. The maximum atomic E-state index is 11.3. The van der Waals surface area contributed by atoms with Gasteiger partial charge in [-0.3, -0.25) is 9.59 Å². The zero-order valence-corrected chi connectivity index (χ0v) is 11.2. The van der Waals surface area contributed by atoms with Crippen molar-refractivity contribution in [2.24, 2.45) is 0 Å². The number of carbonyl (C=O) groups excluding carboxylic acids is 2. The highest BCUT2D eigenvalue weighted by atomic mass is 16.6. The van der Waals surface area contributed by atoms with Crippen molar-refractivity contribution in [3.05, 3.63) is 12.2 Å². The van der Waals surface area contributed by atoms with Crippen molar-refractivity contribution < 1.29 is 14.3 Å². The van der Waals surface area contributed by atoms with E-state index in [1.807, 2.05) is 6.08 Å². The first kappa shape index (κ1) is 14.9. The van der Waals surface area contributed by atoms with Gasteiger partial charge >= 0.3 is 11.9 Å². The van der Waals surface area contributed by atoms with Gasteiger partial charge in [0.05, 0.1) is 0 Å². The summed E-state index contributed by atoms with van der Waals surface area (Å²) in [5, 5.41) is 0. The van der Waals surface area contributed by atoms with Crippen LogP contribution in [0.4, 0.5) is 0 Å². The highest BCUT2D eigenvalue weighted by Crippen LogP contribution is 2.11. The van der Waals surface area contributed by atoms with E-state index in [2.05, 4.69) is 6.08 Å². The second-order valence-corrected chi connectivity index (χ2v) is 4.87. The molecule has 0 saturated heterocycles. The minimum Gasteiger partial charge on any atom is -0.393 e. The van der Waals surface area contributed by atoms with Gasteiger partial charge in [-0.05, 0) is 25.7 Å². The molecule has 0 spiro atoms. The maximum Gasteiger partial charge on any atom is 0.313 e. The van der Waals surface area contributed by atoms with Crippen molar-refractivity contribution in [1.29, 1.82) is 0 Å². The lowest BCUT2D eigenvalue weighted by Crippen LogP contribution is -2.11. The van der Waals surface area contributed by atoms with Crippen LogP contribution in [0.5, 0.6) is 0 Å². The molecular weight excluding hydrogens is 228 g/mol. The molecule has 0 radical (unpaired) electrons. The number of ether oxygens (including phenoxy) is 1. The summed E-state index contributed by atoms with van der Waals surface area (Å²) in [5.74, 6) is -0.757. The molecule has 1 heterocycles. The minimum atomic E-state index is -0.392. The van der Waals surface area contributed by atoms with Crippen molar-refractivity contribution in [2.75, 3.05) is 0 Å². The summed E-state index contributed by atoms with van der Waals surface area (Å²) in [6.07, 6.45) is 14.7. The molecule has 0 aromatic carbocycles. The van der Waals surface area contributed by atoms with Gasteiger partial charge in [0.1, 0.15) is 0 Å². The molecule has 0 saturated carbocycles. The van der Waals surface area contributed by atoms with Crippen molar-refractivity contribution >= 4 is 11.9 Å². The number of esters is 2. The van der Waals surface area contributed by atoms with Crippen LogP contribution in [0.25, 0.3) is 0 Å². The lowest BCUT2D eigenvalue weighted by molar-refractivity contribution is -0.159. The molecule has 0 fully saturated rings. The Bertz CT molecular complexity index is 281. The summed E-state index contributed by atoms with van der Waals surface area (Å²) in [4.78, 5) is 22.6. The first-order valence-electron chi connectivity index (χ1n) is 7.17. The zero-order chi connectivity index (χ0) is 13.1. The van der Waals surface area contributed by atoms with Crippen LogP contribution in [0, 0.1) is 0 Å². The van der Waals surface area contributed by atoms with Gasteiger partial charge in [0.25, 0.3) is 0 Å². The number of hydrogen-bond acceptors (Lipinski definition) is 3. The van der Waals surface area contributed by atoms with Crippen molar-refractivity contribution in [2.45, 2.75) is 70.6 Å². The molecule has 0 amide bonds. The maximum absolute atomic E-state index is 11.3. The first-order valence-corrected chi connectivity index (χ1v) is 7.17. The first-order chi connectivity index (χ1) is 8.79. The van der Waals surface area contributed by atoms with E-state index in [0.29, 0.717) is 19.3 Å². The van der Waals surface area contributed by atoms with E-state index in [4.69, 9.17) is 4.74 Å². The van der Waals surface area contributed by atoms with Crippen LogP contribution < -0.4 is 0 Å². The summed E-state index contributed by atoms with van der Waals surface area (Å²) >= 11 is 0. The van der Waals surface area contributed by atoms with Crippen LogP contribution >= 0.6 is 0 Å². The topological polar surface area (TPSA) is 43.4 Å². The third-order valence-electron chi connectivity index (χ3n) is 3.16. The number of rotatable bonds is 0. The van der Waals surface area contributed by atoms with Crippen molar-refractivity contribution in [3.63, 3.8) is 0 Å². The van der Waals surface area contributed by atoms with Crippen LogP contribution in [0.1, 0.15) is 70.6 Å². The Morgan fingerprint density at radius 3 is 2.00 bits per heavy atom. The molecule has 1 rings (SSSR count). The smallest absolute Gasteiger partial charge is 0.313 e. The highest BCUT2D eigenvalue weighted by Gasteiger charge is 2.09. The summed E-state index contributed by atoms with van der Waals surface area (Å²) in [6, 6.07) is 0. The number of cyclic esters (lactones) is 2. The third-order valence-corrected chi connectivity index (χ3v) is 3.16. The van der Waals surface area contributed by atoms with Crippen LogP contribution in [0.3, 0.4) is 0 Å². The van der Waals surface area contributed by atoms with Crippen molar-refractivity contribution in [3.8, 4) is 0 Å². The molecule has 0 unspecified atom stereocenters. The average molecular weight is 252 g/mol. The molecule has 0 bridgehead atoms. The summed E-state index contributed by atoms with van der Waals surface area (Å²) in [6.45, 7) is 0. The summed E-state index contributed by atoms with van der Waals surface area (Å²) in [7, 11) is 0. The highest BCUT2D eigenvalue weighted by molar-refractivity contribution is 5.85.